The summed E-state index contributed by atoms with van der Waals surface area (Å²) in [7, 11) is 0. The van der Waals surface area contributed by atoms with Gasteiger partial charge in [-0.2, -0.15) is 4.37 Å². The number of urea groups is 1. The van der Waals surface area contributed by atoms with Crippen LogP contribution in [0, 0.1) is 0 Å². The Morgan fingerprint density at radius 2 is 2.00 bits per heavy atom. The summed E-state index contributed by atoms with van der Waals surface area (Å²) in [6.07, 6.45) is 3.75. The van der Waals surface area contributed by atoms with Gasteiger partial charge in [-0.05, 0) is 24.0 Å². The van der Waals surface area contributed by atoms with Gasteiger partial charge < -0.3 is 9.64 Å². The molecular formula is C11H15N3O3S3. The molecule has 1 N–H and O–H groups in total. The topological polar surface area (TPSA) is 71.5 Å². The third-order valence-electron chi connectivity index (χ3n) is 2.75. The van der Waals surface area contributed by atoms with E-state index in [-0.39, 0.29) is 11.9 Å². The number of carbonyl (C=O) groups is 2. The van der Waals surface area contributed by atoms with Crippen molar-refractivity contribution in [1.82, 2.24) is 14.6 Å². The first-order valence-corrected chi connectivity index (χ1v) is 9.15. The van der Waals surface area contributed by atoms with Crippen LogP contribution in [0.15, 0.2) is 9.24 Å². The summed E-state index contributed by atoms with van der Waals surface area (Å²) in [5.74, 6) is -0.385. The Morgan fingerprint density at radius 1 is 1.30 bits per heavy atom. The summed E-state index contributed by atoms with van der Waals surface area (Å²) in [5, 5.41) is 3.09. The first kappa shape index (κ1) is 15.6. The van der Waals surface area contributed by atoms with Gasteiger partial charge in [-0.15, -0.1) is 23.5 Å². The Balaban J connectivity index is 2.07. The van der Waals surface area contributed by atoms with Gasteiger partial charge in [-0.1, -0.05) is 0 Å². The molecule has 0 saturated carbocycles. The molecule has 20 heavy (non-hydrogen) atoms. The number of aromatic nitrogens is 1. The van der Waals surface area contributed by atoms with E-state index in [0.717, 1.165) is 4.21 Å². The minimum atomic E-state index is -0.385. The van der Waals surface area contributed by atoms with Crippen molar-refractivity contribution in [3.63, 3.8) is 0 Å². The lowest BCUT2D eigenvalue weighted by Crippen LogP contribution is -2.48. The molecule has 2 rings (SSSR count). The second-order valence-corrected chi connectivity index (χ2v) is 6.56. The molecule has 1 aliphatic rings. The number of morpholine rings is 1. The lowest BCUT2D eigenvalue weighted by Gasteiger charge is -2.26. The first-order valence-electron chi connectivity index (χ1n) is 5.93. The molecule has 1 saturated heterocycles. The third-order valence-corrected chi connectivity index (χ3v) is 5.49. The van der Waals surface area contributed by atoms with E-state index in [1.807, 2.05) is 12.5 Å². The van der Waals surface area contributed by atoms with Gasteiger partial charge in [0, 0.05) is 13.1 Å². The van der Waals surface area contributed by atoms with E-state index in [0.29, 0.717) is 36.9 Å². The van der Waals surface area contributed by atoms with Gasteiger partial charge in [0.15, 0.2) is 0 Å². The van der Waals surface area contributed by atoms with Gasteiger partial charge >= 0.3 is 6.03 Å². The summed E-state index contributed by atoms with van der Waals surface area (Å²) in [6.45, 7) is 2.03. The Kier molecular flexibility index (Phi) is 5.70. The van der Waals surface area contributed by atoms with E-state index in [2.05, 4.69) is 9.69 Å². The highest BCUT2D eigenvalue weighted by Crippen LogP contribution is 2.32. The number of hydrogen-bond donors (Lipinski definition) is 1. The standard InChI is InChI=1S/C11H15N3O3S3/c1-18-9-7(10(19-2)20-13-9)8(15)12-11(16)14-3-5-17-6-4-14/h3-6H2,1-2H3,(H,12,15,16). The number of imide groups is 1. The second-order valence-electron chi connectivity index (χ2n) is 3.92. The smallest absolute Gasteiger partial charge is 0.324 e. The lowest BCUT2D eigenvalue weighted by molar-refractivity contribution is 0.0523. The van der Waals surface area contributed by atoms with Crippen LogP contribution >= 0.6 is 35.1 Å². The Bertz CT molecular complexity index is 479. The number of carbonyl (C=O) groups excluding carboxylic acids is 2. The largest absolute Gasteiger partial charge is 0.378 e. The van der Waals surface area contributed by atoms with Gasteiger partial charge in [-0.25, -0.2) is 4.79 Å². The molecule has 9 heteroatoms. The fraction of sp³-hybridized carbons (Fsp3) is 0.545. The minimum absolute atomic E-state index is 0.372. The molecule has 1 aromatic heterocycles. The molecule has 1 aromatic rings. The summed E-state index contributed by atoms with van der Waals surface area (Å²) < 4.78 is 10.2. The van der Waals surface area contributed by atoms with E-state index >= 15 is 0 Å². The number of amides is 3. The zero-order valence-electron chi connectivity index (χ0n) is 11.2. The average molecular weight is 333 g/mol. The SMILES string of the molecule is CSc1nsc(SC)c1C(=O)NC(=O)N1CCOCC1. The minimum Gasteiger partial charge on any atom is -0.378 e. The number of hydrogen-bond acceptors (Lipinski definition) is 7. The van der Waals surface area contributed by atoms with Crippen molar-refractivity contribution < 1.29 is 14.3 Å². The molecule has 0 spiro atoms. The van der Waals surface area contributed by atoms with Crippen molar-refractivity contribution in [3.05, 3.63) is 5.56 Å². The molecule has 0 aliphatic carbocycles. The van der Waals surface area contributed by atoms with Gasteiger partial charge in [-0.3, -0.25) is 10.1 Å². The summed E-state index contributed by atoms with van der Waals surface area (Å²) in [4.78, 5) is 25.9. The first-order chi connectivity index (χ1) is 9.67. The quantitative estimate of drug-likeness (QED) is 0.850. The average Bonchev–Trinajstić information content (AvgIpc) is 2.91. The molecule has 0 bridgehead atoms. The van der Waals surface area contributed by atoms with E-state index in [4.69, 9.17) is 4.74 Å². The number of ether oxygens (including phenoxy) is 1. The van der Waals surface area contributed by atoms with Crippen LogP contribution in [0.2, 0.25) is 0 Å². The highest BCUT2D eigenvalue weighted by Gasteiger charge is 2.24. The van der Waals surface area contributed by atoms with Crippen LogP contribution < -0.4 is 5.32 Å². The second kappa shape index (κ2) is 7.30. The molecule has 0 atom stereocenters. The third kappa shape index (κ3) is 3.46. The molecule has 1 fully saturated rings. The maximum atomic E-state index is 12.3. The zero-order valence-corrected chi connectivity index (χ0v) is 13.6. The Labute approximate surface area is 129 Å². The van der Waals surface area contributed by atoms with E-state index in [9.17, 15) is 9.59 Å². The van der Waals surface area contributed by atoms with Crippen LogP contribution in [0.1, 0.15) is 10.4 Å². The molecule has 2 heterocycles. The van der Waals surface area contributed by atoms with Gasteiger partial charge in [0.2, 0.25) is 0 Å². The van der Waals surface area contributed by atoms with Gasteiger partial charge in [0.05, 0.1) is 23.0 Å². The normalized spacial score (nSPS) is 15.2. The molecule has 0 unspecified atom stereocenters. The molecule has 6 nitrogen and oxygen atoms in total. The molecule has 110 valence electrons. The molecule has 1 aliphatic heterocycles. The number of nitrogens with zero attached hydrogens (tertiary/aromatic N) is 2. The van der Waals surface area contributed by atoms with Crippen LogP contribution in [-0.2, 0) is 4.74 Å². The fourth-order valence-electron chi connectivity index (χ4n) is 1.74. The summed E-state index contributed by atoms with van der Waals surface area (Å²) in [5.41, 5.74) is 0.497. The van der Waals surface area contributed by atoms with Crippen molar-refractivity contribution in [2.45, 2.75) is 9.24 Å². The van der Waals surface area contributed by atoms with E-state index in [1.54, 1.807) is 4.90 Å². The van der Waals surface area contributed by atoms with Crippen molar-refractivity contribution in [3.8, 4) is 0 Å². The van der Waals surface area contributed by atoms with E-state index in [1.165, 1.54) is 35.1 Å². The van der Waals surface area contributed by atoms with Crippen molar-refractivity contribution in [2.24, 2.45) is 0 Å². The Hall–Kier alpha value is -0.770. The van der Waals surface area contributed by atoms with Gasteiger partial charge in [0.25, 0.3) is 5.91 Å². The van der Waals surface area contributed by atoms with Crippen LogP contribution in [0.4, 0.5) is 4.79 Å². The summed E-state index contributed by atoms with van der Waals surface area (Å²) >= 11 is 4.14. The predicted molar refractivity (Wildman–Crippen MR) is 80.9 cm³/mol. The van der Waals surface area contributed by atoms with Crippen molar-refractivity contribution in [2.75, 3.05) is 38.8 Å². The monoisotopic (exact) mass is 333 g/mol. The molecule has 0 aromatic carbocycles. The molecular weight excluding hydrogens is 318 g/mol. The fourth-order valence-corrected chi connectivity index (χ4v) is 4.01. The van der Waals surface area contributed by atoms with Crippen LogP contribution in [0.3, 0.4) is 0 Å². The molecule has 0 radical (unpaired) electrons. The number of thioether (sulfide) groups is 2. The highest BCUT2D eigenvalue weighted by atomic mass is 32.2. The van der Waals surface area contributed by atoms with Crippen molar-refractivity contribution in [1.29, 1.82) is 0 Å². The summed E-state index contributed by atoms with van der Waals surface area (Å²) in [6, 6.07) is -0.372. The highest BCUT2D eigenvalue weighted by molar-refractivity contribution is 8.01. The maximum Gasteiger partial charge on any atom is 0.324 e. The molecule has 3 amide bonds. The lowest BCUT2D eigenvalue weighted by atomic mass is 10.3. The maximum absolute atomic E-state index is 12.3. The van der Waals surface area contributed by atoms with Crippen molar-refractivity contribution >= 4 is 47.0 Å². The Morgan fingerprint density at radius 3 is 2.60 bits per heavy atom. The van der Waals surface area contributed by atoms with Crippen LogP contribution in [0.25, 0.3) is 0 Å². The number of rotatable bonds is 3. The van der Waals surface area contributed by atoms with Crippen LogP contribution in [0.5, 0.6) is 0 Å². The van der Waals surface area contributed by atoms with E-state index < -0.39 is 0 Å². The zero-order chi connectivity index (χ0) is 14.5. The van der Waals surface area contributed by atoms with Gasteiger partial charge in [0.1, 0.15) is 5.03 Å². The van der Waals surface area contributed by atoms with Crippen LogP contribution in [-0.4, -0.2) is 60.0 Å². The predicted octanol–water partition coefficient (Wildman–Crippen LogP) is 1.77. The number of nitrogens with one attached hydrogen (secondary N) is 1.